The van der Waals surface area contributed by atoms with Crippen LogP contribution in [0.3, 0.4) is 0 Å². The second-order valence-corrected chi connectivity index (χ2v) is 4.83. The van der Waals surface area contributed by atoms with Gasteiger partial charge in [-0.2, -0.15) is 0 Å². The third kappa shape index (κ3) is 3.63. The standard InChI is InChI=1S/C13H17F2N3O2/c14-12(15)9-3-6-11(17-7-9)20-10-4-1-8(2-5-10)13(19)18-16/h3,6-8,10,12H,1-2,4-5,16H2,(H,18,19). The highest BCUT2D eigenvalue weighted by molar-refractivity contribution is 5.77. The Balaban J connectivity index is 1.84. The normalized spacial score (nSPS) is 22.6. The van der Waals surface area contributed by atoms with E-state index in [0.29, 0.717) is 18.7 Å². The molecule has 0 spiro atoms. The van der Waals surface area contributed by atoms with E-state index in [1.54, 1.807) is 0 Å². The maximum absolute atomic E-state index is 12.4. The van der Waals surface area contributed by atoms with Gasteiger partial charge in [-0.3, -0.25) is 10.2 Å². The number of nitrogens with zero attached hydrogens (tertiary/aromatic N) is 1. The fourth-order valence-corrected chi connectivity index (χ4v) is 2.32. The number of carbonyl (C=O) groups is 1. The third-order valence-corrected chi connectivity index (χ3v) is 3.49. The molecule has 0 aromatic carbocycles. The molecule has 0 bridgehead atoms. The number of nitrogens with one attached hydrogen (secondary N) is 1. The molecule has 1 saturated carbocycles. The van der Waals surface area contributed by atoms with Crippen LogP contribution < -0.4 is 16.0 Å². The van der Waals surface area contributed by atoms with E-state index < -0.39 is 6.43 Å². The van der Waals surface area contributed by atoms with Crippen molar-refractivity contribution in [2.45, 2.75) is 38.2 Å². The van der Waals surface area contributed by atoms with Crippen molar-refractivity contribution in [3.05, 3.63) is 23.9 Å². The highest BCUT2D eigenvalue weighted by Gasteiger charge is 2.27. The molecule has 5 nitrogen and oxygen atoms in total. The molecule has 1 amide bonds. The van der Waals surface area contributed by atoms with Gasteiger partial charge in [0.1, 0.15) is 6.10 Å². The van der Waals surface area contributed by atoms with Crippen LogP contribution in [0.5, 0.6) is 5.88 Å². The van der Waals surface area contributed by atoms with Crippen LogP contribution in [-0.2, 0) is 4.79 Å². The van der Waals surface area contributed by atoms with E-state index in [9.17, 15) is 13.6 Å². The average molecular weight is 285 g/mol. The van der Waals surface area contributed by atoms with Gasteiger partial charge < -0.3 is 4.74 Å². The molecule has 1 aliphatic rings. The fraction of sp³-hybridized carbons (Fsp3) is 0.538. The molecule has 7 heteroatoms. The van der Waals surface area contributed by atoms with E-state index in [-0.39, 0.29) is 23.5 Å². The van der Waals surface area contributed by atoms with Crippen LogP contribution in [-0.4, -0.2) is 17.0 Å². The topological polar surface area (TPSA) is 77.2 Å². The Morgan fingerprint density at radius 1 is 1.35 bits per heavy atom. The largest absolute Gasteiger partial charge is 0.474 e. The van der Waals surface area contributed by atoms with E-state index in [1.165, 1.54) is 12.1 Å². The van der Waals surface area contributed by atoms with Gasteiger partial charge in [-0.1, -0.05) is 0 Å². The molecular formula is C13H17F2N3O2. The Morgan fingerprint density at radius 2 is 2.05 bits per heavy atom. The predicted octanol–water partition coefficient (Wildman–Crippen LogP) is 1.95. The van der Waals surface area contributed by atoms with Gasteiger partial charge in [-0.15, -0.1) is 0 Å². The van der Waals surface area contributed by atoms with E-state index in [1.807, 2.05) is 0 Å². The molecule has 0 radical (unpaired) electrons. The molecule has 1 heterocycles. The van der Waals surface area contributed by atoms with Gasteiger partial charge >= 0.3 is 0 Å². The summed E-state index contributed by atoms with van der Waals surface area (Å²) in [6.07, 6.45) is 1.38. The van der Waals surface area contributed by atoms with Gasteiger partial charge in [-0.05, 0) is 31.7 Å². The predicted molar refractivity (Wildman–Crippen MR) is 67.9 cm³/mol. The molecule has 1 fully saturated rings. The molecule has 1 aromatic rings. The minimum absolute atomic E-state index is 0.0401. The van der Waals surface area contributed by atoms with Crippen LogP contribution in [0.4, 0.5) is 8.78 Å². The summed E-state index contributed by atoms with van der Waals surface area (Å²) in [5.41, 5.74) is 2.03. The Labute approximate surface area is 115 Å². The fourth-order valence-electron chi connectivity index (χ4n) is 2.32. The summed E-state index contributed by atoms with van der Waals surface area (Å²) in [4.78, 5) is 15.2. The van der Waals surface area contributed by atoms with E-state index in [2.05, 4.69) is 10.4 Å². The van der Waals surface area contributed by atoms with Gasteiger partial charge in [0.25, 0.3) is 6.43 Å². The van der Waals surface area contributed by atoms with Crippen LogP contribution in [0.1, 0.15) is 37.7 Å². The van der Waals surface area contributed by atoms with Gasteiger partial charge in [0, 0.05) is 23.7 Å². The smallest absolute Gasteiger partial charge is 0.265 e. The minimum Gasteiger partial charge on any atom is -0.474 e. The lowest BCUT2D eigenvalue weighted by Crippen LogP contribution is -2.38. The monoisotopic (exact) mass is 285 g/mol. The number of pyridine rings is 1. The number of carbonyl (C=O) groups excluding carboxylic acids is 1. The number of hydrazine groups is 1. The zero-order chi connectivity index (χ0) is 14.5. The number of halogens is 2. The van der Waals surface area contributed by atoms with Gasteiger partial charge in [0.2, 0.25) is 11.8 Å². The quantitative estimate of drug-likeness (QED) is 0.503. The Hall–Kier alpha value is -1.76. The van der Waals surface area contributed by atoms with Crippen LogP contribution >= 0.6 is 0 Å². The van der Waals surface area contributed by atoms with Crippen molar-refractivity contribution in [3.63, 3.8) is 0 Å². The summed E-state index contributed by atoms with van der Waals surface area (Å²) in [6, 6.07) is 2.75. The Kier molecular flexibility index (Phi) is 4.84. The Bertz CT molecular complexity index is 445. The van der Waals surface area contributed by atoms with Crippen molar-refractivity contribution in [2.75, 3.05) is 0 Å². The molecule has 110 valence electrons. The van der Waals surface area contributed by atoms with Crippen LogP contribution in [0.15, 0.2) is 18.3 Å². The summed E-state index contributed by atoms with van der Waals surface area (Å²) >= 11 is 0. The number of rotatable bonds is 4. The molecule has 3 N–H and O–H groups in total. The second-order valence-electron chi connectivity index (χ2n) is 4.83. The molecule has 0 aliphatic heterocycles. The second kappa shape index (κ2) is 6.60. The van der Waals surface area contributed by atoms with E-state index in [4.69, 9.17) is 10.6 Å². The maximum atomic E-state index is 12.4. The number of alkyl halides is 2. The average Bonchev–Trinajstić information content (AvgIpc) is 2.48. The molecule has 1 aliphatic carbocycles. The zero-order valence-corrected chi connectivity index (χ0v) is 10.9. The van der Waals surface area contributed by atoms with Gasteiger partial charge in [0.15, 0.2) is 0 Å². The first-order valence-corrected chi connectivity index (χ1v) is 6.51. The first-order chi connectivity index (χ1) is 9.60. The summed E-state index contributed by atoms with van der Waals surface area (Å²) in [7, 11) is 0. The highest BCUT2D eigenvalue weighted by atomic mass is 19.3. The summed E-state index contributed by atoms with van der Waals surface area (Å²) in [5, 5.41) is 0. The lowest BCUT2D eigenvalue weighted by atomic mass is 9.87. The first-order valence-electron chi connectivity index (χ1n) is 6.51. The van der Waals surface area contributed by atoms with Crippen molar-refractivity contribution < 1.29 is 18.3 Å². The summed E-state index contributed by atoms with van der Waals surface area (Å²) < 4.78 is 30.4. The minimum atomic E-state index is -2.53. The molecule has 0 saturated heterocycles. The summed E-state index contributed by atoms with van der Waals surface area (Å²) in [6.45, 7) is 0. The van der Waals surface area contributed by atoms with E-state index >= 15 is 0 Å². The number of amides is 1. The number of ether oxygens (including phenoxy) is 1. The van der Waals surface area contributed by atoms with Crippen molar-refractivity contribution in [1.29, 1.82) is 0 Å². The molecule has 2 rings (SSSR count). The van der Waals surface area contributed by atoms with Gasteiger partial charge in [0.05, 0.1) is 0 Å². The Morgan fingerprint density at radius 3 is 2.55 bits per heavy atom. The molecular weight excluding hydrogens is 268 g/mol. The van der Waals surface area contributed by atoms with Crippen LogP contribution in [0.2, 0.25) is 0 Å². The molecule has 20 heavy (non-hydrogen) atoms. The summed E-state index contributed by atoms with van der Waals surface area (Å²) in [5.74, 6) is 5.21. The van der Waals surface area contributed by atoms with Crippen molar-refractivity contribution in [1.82, 2.24) is 10.4 Å². The zero-order valence-electron chi connectivity index (χ0n) is 10.9. The SMILES string of the molecule is NNC(=O)C1CCC(Oc2ccc(C(F)F)cn2)CC1. The molecule has 1 aromatic heterocycles. The number of nitrogens with two attached hydrogens (primary N) is 1. The molecule has 0 atom stereocenters. The lowest BCUT2D eigenvalue weighted by molar-refractivity contribution is -0.126. The maximum Gasteiger partial charge on any atom is 0.265 e. The number of aromatic nitrogens is 1. The van der Waals surface area contributed by atoms with Crippen molar-refractivity contribution in [3.8, 4) is 5.88 Å². The van der Waals surface area contributed by atoms with E-state index in [0.717, 1.165) is 19.0 Å². The van der Waals surface area contributed by atoms with Crippen molar-refractivity contribution in [2.24, 2.45) is 11.8 Å². The highest BCUT2D eigenvalue weighted by Crippen LogP contribution is 2.27. The first kappa shape index (κ1) is 14.6. The van der Waals surface area contributed by atoms with Crippen molar-refractivity contribution >= 4 is 5.91 Å². The van der Waals surface area contributed by atoms with Gasteiger partial charge in [-0.25, -0.2) is 19.6 Å². The number of hydrogen-bond acceptors (Lipinski definition) is 4. The lowest BCUT2D eigenvalue weighted by Gasteiger charge is -2.27. The van der Waals surface area contributed by atoms with Crippen LogP contribution in [0, 0.1) is 5.92 Å². The number of hydrogen-bond donors (Lipinski definition) is 2. The van der Waals surface area contributed by atoms with Crippen LogP contribution in [0.25, 0.3) is 0 Å². The molecule has 0 unspecified atom stereocenters. The third-order valence-electron chi connectivity index (χ3n) is 3.49.